The SMILES string of the molecule is CCOC(=O)C(O)C(O)c1ccc(C)c(C(F)(F)F)c1. The lowest BCUT2D eigenvalue weighted by Gasteiger charge is -2.19. The van der Waals surface area contributed by atoms with Gasteiger partial charge in [-0.3, -0.25) is 0 Å². The lowest BCUT2D eigenvalue weighted by molar-refractivity contribution is -0.159. The standard InChI is InChI=1S/C13H15F3O4/c1-3-20-12(19)11(18)10(17)8-5-4-7(2)9(6-8)13(14,15)16/h4-6,10-11,17-18H,3H2,1-2H3. The maximum atomic E-state index is 12.7. The van der Waals surface area contributed by atoms with E-state index >= 15 is 0 Å². The second-order valence-electron chi connectivity index (χ2n) is 4.21. The molecule has 0 radical (unpaired) electrons. The van der Waals surface area contributed by atoms with E-state index in [9.17, 15) is 28.2 Å². The molecule has 0 aliphatic rings. The van der Waals surface area contributed by atoms with Crippen LogP contribution in [0, 0.1) is 6.92 Å². The fourth-order valence-electron chi connectivity index (χ4n) is 1.67. The van der Waals surface area contributed by atoms with Gasteiger partial charge in [0.15, 0.2) is 6.10 Å². The molecule has 4 nitrogen and oxygen atoms in total. The van der Waals surface area contributed by atoms with Gasteiger partial charge < -0.3 is 14.9 Å². The number of esters is 1. The number of aryl methyl sites for hydroxylation is 1. The summed E-state index contributed by atoms with van der Waals surface area (Å²) in [5.74, 6) is -1.09. The summed E-state index contributed by atoms with van der Waals surface area (Å²) in [4.78, 5) is 11.3. The fraction of sp³-hybridized carbons (Fsp3) is 0.462. The summed E-state index contributed by atoms with van der Waals surface area (Å²) < 4.78 is 42.7. The van der Waals surface area contributed by atoms with Crippen LogP contribution in [0.1, 0.15) is 29.7 Å². The van der Waals surface area contributed by atoms with Gasteiger partial charge in [-0.15, -0.1) is 0 Å². The maximum absolute atomic E-state index is 12.7. The average molecular weight is 292 g/mol. The Morgan fingerprint density at radius 1 is 1.35 bits per heavy atom. The lowest BCUT2D eigenvalue weighted by Crippen LogP contribution is -2.30. The number of halogens is 3. The number of aliphatic hydroxyl groups is 2. The Morgan fingerprint density at radius 2 is 1.95 bits per heavy atom. The number of hydrogen-bond donors (Lipinski definition) is 2. The Kier molecular flexibility index (Phi) is 5.13. The summed E-state index contributed by atoms with van der Waals surface area (Å²) in [5, 5.41) is 19.3. The number of ether oxygens (including phenoxy) is 1. The molecule has 0 fully saturated rings. The molecule has 1 aromatic rings. The van der Waals surface area contributed by atoms with E-state index in [0.29, 0.717) is 6.07 Å². The molecule has 0 aliphatic heterocycles. The first kappa shape index (κ1) is 16.5. The van der Waals surface area contributed by atoms with Crippen LogP contribution in [0.5, 0.6) is 0 Å². The van der Waals surface area contributed by atoms with Crippen molar-refractivity contribution >= 4 is 5.97 Å². The van der Waals surface area contributed by atoms with Gasteiger partial charge in [-0.05, 0) is 31.0 Å². The van der Waals surface area contributed by atoms with Gasteiger partial charge in [-0.25, -0.2) is 4.79 Å². The Hall–Kier alpha value is -1.60. The first-order valence-electron chi connectivity index (χ1n) is 5.89. The largest absolute Gasteiger partial charge is 0.464 e. The van der Waals surface area contributed by atoms with E-state index in [4.69, 9.17) is 0 Å². The van der Waals surface area contributed by atoms with E-state index in [-0.39, 0.29) is 17.7 Å². The third-order valence-electron chi connectivity index (χ3n) is 2.74. The second kappa shape index (κ2) is 6.23. The number of rotatable bonds is 4. The molecule has 0 aromatic heterocycles. The van der Waals surface area contributed by atoms with E-state index in [2.05, 4.69) is 4.74 Å². The Balaban J connectivity index is 3.05. The number of alkyl halides is 3. The molecule has 0 bridgehead atoms. The van der Waals surface area contributed by atoms with Crippen molar-refractivity contribution in [3.8, 4) is 0 Å². The number of hydrogen-bond acceptors (Lipinski definition) is 4. The third kappa shape index (κ3) is 3.71. The summed E-state index contributed by atoms with van der Waals surface area (Å²) in [6, 6.07) is 3.10. The summed E-state index contributed by atoms with van der Waals surface area (Å²) in [7, 11) is 0. The van der Waals surface area contributed by atoms with Gasteiger partial charge in [0, 0.05) is 0 Å². The van der Waals surface area contributed by atoms with Crippen LogP contribution in [0.4, 0.5) is 13.2 Å². The minimum Gasteiger partial charge on any atom is -0.464 e. The van der Waals surface area contributed by atoms with Gasteiger partial charge in [-0.2, -0.15) is 13.2 Å². The van der Waals surface area contributed by atoms with Crippen LogP contribution in [-0.2, 0) is 15.7 Å². The van der Waals surface area contributed by atoms with E-state index in [1.165, 1.54) is 26.0 Å². The van der Waals surface area contributed by atoms with Crippen LogP contribution < -0.4 is 0 Å². The number of benzene rings is 1. The minimum atomic E-state index is -4.57. The van der Waals surface area contributed by atoms with Crippen LogP contribution >= 0.6 is 0 Å². The molecular formula is C13H15F3O4. The highest BCUT2D eigenvalue weighted by molar-refractivity contribution is 5.75. The molecule has 0 saturated carbocycles. The molecule has 1 aromatic carbocycles. The van der Waals surface area contributed by atoms with Crippen LogP contribution in [0.15, 0.2) is 18.2 Å². The zero-order chi connectivity index (χ0) is 15.5. The molecular weight excluding hydrogens is 277 g/mol. The predicted molar refractivity (Wildman–Crippen MR) is 63.8 cm³/mol. The first-order chi connectivity index (χ1) is 9.18. The summed E-state index contributed by atoms with van der Waals surface area (Å²) >= 11 is 0. The second-order valence-corrected chi connectivity index (χ2v) is 4.21. The van der Waals surface area contributed by atoms with E-state index in [0.717, 1.165) is 0 Å². The topological polar surface area (TPSA) is 66.8 Å². The van der Waals surface area contributed by atoms with Crippen LogP contribution in [0.3, 0.4) is 0 Å². The smallest absolute Gasteiger partial charge is 0.416 e. The highest BCUT2D eigenvalue weighted by Gasteiger charge is 2.34. The quantitative estimate of drug-likeness (QED) is 0.833. The molecule has 0 spiro atoms. The molecule has 20 heavy (non-hydrogen) atoms. The zero-order valence-electron chi connectivity index (χ0n) is 10.9. The summed E-state index contributed by atoms with van der Waals surface area (Å²) in [6.07, 6.45) is -8.29. The Labute approximate surface area is 113 Å². The van der Waals surface area contributed by atoms with Crippen molar-refractivity contribution in [2.45, 2.75) is 32.2 Å². The van der Waals surface area contributed by atoms with Crippen molar-refractivity contribution in [2.75, 3.05) is 6.61 Å². The maximum Gasteiger partial charge on any atom is 0.416 e. The Bertz CT molecular complexity index is 485. The number of carbonyl (C=O) groups is 1. The molecule has 2 unspecified atom stereocenters. The molecule has 2 atom stereocenters. The highest BCUT2D eigenvalue weighted by atomic mass is 19.4. The zero-order valence-corrected chi connectivity index (χ0v) is 10.9. The molecule has 0 aliphatic carbocycles. The van der Waals surface area contributed by atoms with Crippen molar-refractivity contribution in [3.63, 3.8) is 0 Å². The van der Waals surface area contributed by atoms with Crippen LogP contribution in [-0.4, -0.2) is 28.9 Å². The minimum absolute atomic E-state index is 0.00961. The van der Waals surface area contributed by atoms with E-state index < -0.39 is 29.9 Å². The van der Waals surface area contributed by atoms with Gasteiger partial charge in [-0.1, -0.05) is 12.1 Å². The van der Waals surface area contributed by atoms with Gasteiger partial charge in [0.25, 0.3) is 0 Å². The van der Waals surface area contributed by atoms with Crippen molar-refractivity contribution < 1.29 is 32.9 Å². The average Bonchev–Trinajstić information content (AvgIpc) is 2.36. The van der Waals surface area contributed by atoms with Crippen LogP contribution in [0.25, 0.3) is 0 Å². The monoisotopic (exact) mass is 292 g/mol. The molecule has 0 saturated heterocycles. The van der Waals surface area contributed by atoms with Gasteiger partial charge >= 0.3 is 12.1 Å². The van der Waals surface area contributed by atoms with Crippen molar-refractivity contribution in [1.82, 2.24) is 0 Å². The van der Waals surface area contributed by atoms with Crippen LogP contribution in [0.2, 0.25) is 0 Å². The normalized spacial score (nSPS) is 14.8. The fourth-order valence-corrected chi connectivity index (χ4v) is 1.67. The van der Waals surface area contributed by atoms with Crippen molar-refractivity contribution in [3.05, 3.63) is 34.9 Å². The van der Waals surface area contributed by atoms with Crippen molar-refractivity contribution in [1.29, 1.82) is 0 Å². The predicted octanol–water partition coefficient (Wildman–Crippen LogP) is 1.97. The molecule has 112 valence electrons. The number of carbonyl (C=O) groups excluding carboxylic acids is 1. The lowest BCUT2D eigenvalue weighted by atomic mass is 9.98. The summed E-state index contributed by atoms with van der Waals surface area (Å²) in [5.41, 5.74) is -1.15. The van der Waals surface area contributed by atoms with Gasteiger partial charge in [0.2, 0.25) is 0 Å². The first-order valence-corrected chi connectivity index (χ1v) is 5.89. The van der Waals surface area contributed by atoms with E-state index in [1.54, 1.807) is 0 Å². The molecule has 0 heterocycles. The van der Waals surface area contributed by atoms with Gasteiger partial charge in [0.05, 0.1) is 12.2 Å². The number of aliphatic hydroxyl groups excluding tert-OH is 2. The molecule has 1 rings (SSSR count). The van der Waals surface area contributed by atoms with E-state index in [1.807, 2.05) is 0 Å². The summed E-state index contributed by atoms with van der Waals surface area (Å²) in [6.45, 7) is 2.77. The molecule has 7 heteroatoms. The third-order valence-corrected chi connectivity index (χ3v) is 2.74. The molecule has 0 amide bonds. The molecule has 2 N–H and O–H groups in total. The highest BCUT2D eigenvalue weighted by Crippen LogP contribution is 2.33. The van der Waals surface area contributed by atoms with Crippen molar-refractivity contribution in [2.24, 2.45) is 0 Å². The Morgan fingerprint density at radius 3 is 2.45 bits per heavy atom. The van der Waals surface area contributed by atoms with Gasteiger partial charge in [0.1, 0.15) is 6.10 Å².